The van der Waals surface area contributed by atoms with Crippen molar-refractivity contribution in [2.75, 3.05) is 31.9 Å². The van der Waals surface area contributed by atoms with E-state index in [0.29, 0.717) is 25.6 Å². The highest BCUT2D eigenvalue weighted by Crippen LogP contribution is 2.27. The lowest BCUT2D eigenvalue weighted by Gasteiger charge is -2.37. The number of hydrogen-bond acceptors (Lipinski definition) is 4. The maximum absolute atomic E-state index is 12.6. The van der Waals surface area contributed by atoms with E-state index in [2.05, 4.69) is 0 Å². The summed E-state index contributed by atoms with van der Waals surface area (Å²) < 4.78 is 26.8. The van der Waals surface area contributed by atoms with Crippen LogP contribution in [0.1, 0.15) is 58.3 Å². The third-order valence-corrected chi connectivity index (χ3v) is 7.49. The van der Waals surface area contributed by atoms with Crippen molar-refractivity contribution < 1.29 is 18.3 Å². The van der Waals surface area contributed by atoms with Gasteiger partial charge in [0.25, 0.3) is 0 Å². The van der Waals surface area contributed by atoms with E-state index in [1.807, 2.05) is 11.8 Å². The molecule has 2 fully saturated rings. The number of piperidine rings is 1. The van der Waals surface area contributed by atoms with Crippen LogP contribution in [-0.2, 0) is 14.8 Å². The summed E-state index contributed by atoms with van der Waals surface area (Å²) in [5.74, 6) is 0.0335. The topological polar surface area (TPSA) is 77.9 Å². The van der Waals surface area contributed by atoms with Crippen molar-refractivity contribution in [3.63, 3.8) is 0 Å². The van der Waals surface area contributed by atoms with Gasteiger partial charge < -0.3 is 5.11 Å². The van der Waals surface area contributed by atoms with E-state index in [4.69, 9.17) is 5.11 Å². The SMILES string of the molecule is CCN(CC(=O)O)C1CCN(S(=O)(=O)CCC2CCCCC2)CC1. The molecule has 0 amide bonds. The number of nitrogens with zero attached hydrogens (tertiary/aromatic N) is 2. The van der Waals surface area contributed by atoms with Crippen molar-refractivity contribution in [1.29, 1.82) is 0 Å². The zero-order valence-corrected chi connectivity index (χ0v) is 15.6. The molecule has 0 bridgehead atoms. The summed E-state index contributed by atoms with van der Waals surface area (Å²) in [6, 6.07) is 0.177. The number of carboxylic acids is 1. The molecular weight excluding hydrogens is 328 g/mol. The second-order valence-electron chi connectivity index (χ2n) is 7.20. The van der Waals surface area contributed by atoms with Crippen molar-refractivity contribution in [2.45, 2.75) is 64.3 Å². The van der Waals surface area contributed by atoms with Crippen molar-refractivity contribution in [2.24, 2.45) is 5.92 Å². The molecule has 0 radical (unpaired) electrons. The average molecular weight is 361 g/mol. The van der Waals surface area contributed by atoms with Gasteiger partial charge in [-0.2, -0.15) is 0 Å². The smallest absolute Gasteiger partial charge is 0.317 e. The second kappa shape index (κ2) is 9.15. The minimum atomic E-state index is -3.16. The highest BCUT2D eigenvalue weighted by molar-refractivity contribution is 7.89. The van der Waals surface area contributed by atoms with E-state index in [-0.39, 0.29) is 18.3 Å². The summed E-state index contributed by atoms with van der Waals surface area (Å²) in [6.07, 6.45) is 8.38. The van der Waals surface area contributed by atoms with Crippen LogP contribution in [0.15, 0.2) is 0 Å². The van der Waals surface area contributed by atoms with Crippen LogP contribution in [-0.4, -0.2) is 66.7 Å². The molecule has 0 atom stereocenters. The molecule has 0 aromatic heterocycles. The molecule has 6 nitrogen and oxygen atoms in total. The maximum atomic E-state index is 12.6. The fraction of sp³-hybridized carbons (Fsp3) is 0.941. The van der Waals surface area contributed by atoms with Crippen LogP contribution in [0.25, 0.3) is 0 Å². The predicted molar refractivity (Wildman–Crippen MR) is 94.5 cm³/mol. The lowest BCUT2D eigenvalue weighted by atomic mass is 9.88. The third kappa shape index (κ3) is 5.70. The maximum Gasteiger partial charge on any atom is 0.317 e. The lowest BCUT2D eigenvalue weighted by Crippen LogP contribution is -2.48. The Kier molecular flexibility index (Phi) is 7.50. The summed E-state index contributed by atoms with van der Waals surface area (Å²) >= 11 is 0. The number of hydrogen-bond donors (Lipinski definition) is 1. The van der Waals surface area contributed by atoms with Gasteiger partial charge in [-0.1, -0.05) is 39.0 Å². The van der Waals surface area contributed by atoms with Crippen LogP contribution in [0.3, 0.4) is 0 Å². The highest BCUT2D eigenvalue weighted by atomic mass is 32.2. The van der Waals surface area contributed by atoms with Gasteiger partial charge in [-0.25, -0.2) is 12.7 Å². The van der Waals surface area contributed by atoms with Gasteiger partial charge in [-0.05, 0) is 31.7 Å². The average Bonchev–Trinajstić information content (AvgIpc) is 2.59. The van der Waals surface area contributed by atoms with Crippen molar-refractivity contribution in [3.05, 3.63) is 0 Å². The summed E-state index contributed by atoms with van der Waals surface area (Å²) in [5, 5.41) is 8.97. The predicted octanol–water partition coefficient (Wildman–Crippen LogP) is 2.16. The molecule has 1 aliphatic heterocycles. The molecule has 2 aliphatic rings. The van der Waals surface area contributed by atoms with Crippen molar-refractivity contribution >= 4 is 16.0 Å². The Bertz CT molecular complexity index is 495. The Morgan fingerprint density at radius 3 is 2.29 bits per heavy atom. The highest BCUT2D eigenvalue weighted by Gasteiger charge is 2.31. The van der Waals surface area contributed by atoms with Crippen molar-refractivity contribution in [3.8, 4) is 0 Å². The van der Waals surface area contributed by atoms with Gasteiger partial charge >= 0.3 is 5.97 Å². The first-order chi connectivity index (χ1) is 11.4. The Morgan fingerprint density at radius 1 is 1.12 bits per heavy atom. The number of likely N-dealkylation sites (N-methyl/N-ethyl adjacent to an activating group) is 1. The monoisotopic (exact) mass is 360 g/mol. The van der Waals surface area contributed by atoms with Crippen molar-refractivity contribution in [1.82, 2.24) is 9.21 Å². The first-order valence-electron chi connectivity index (χ1n) is 9.36. The molecule has 1 heterocycles. The molecule has 0 unspecified atom stereocenters. The number of aliphatic carboxylic acids is 1. The molecule has 0 aromatic rings. The van der Waals surface area contributed by atoms with Gasteiger partial charge in [0.1, 0.15) is 0 Å². The van der Waals surface area contributed by atoms with Gasteiger partial charge in [0, 0.05) is 19.1 Å². The van der Waals surface area contributed by atoms with Crippen LogP contribution in [0.5, 0.6) is 0 Å². The van der Waals surface area contributed by atoms with E-state index in [9.17, 15) is 13.2 Å². The van der Waals surface area contributed by atoms with Gasteiger partial charge in [0.15, 0.2) is 0 Å². The first-order valence-corrected chi connectivity index (χ1v) is 11.0. The normalized spacial score (nSPS) is 22.1. The van der Waals surface area contributed by atoms with Crippen LogP contribution < -0.4 is 0 Å². The number of sulfonamides is 1. The van der Waals surface area contributed by atoms with Crippen LogP contribution in [0.4, 0.5) is 0 Å². The molecule has 1 N–H and O–H groups in total. The lowest BCUT2D eigenvalue weighted by molar-refractivity contribution is -0.139. The largest absolute Gasteiger partial charge is 0.480 e. The Hall–Kier alpha value is -0.660. The molecule has 1 aliphatic carbocycles. The van der Waals surface area contributed by atoms with Gasteiger partial charge in [0.2, 0.25) is 10.0 Å². The molecule has 0 spiro atoms. The standard InChI is InChI=1S/C17H32N2O4S/c1-2-18(14-17(20)21)16-8-11-19(12-9-16)24(22,23)13-10-15-6-4-3-5-7-15/h15-16H,2-14H2,1H3,(H,20,21). The van der Waals surface area contributed by atoms with Gasteiger partial charge in [-0.15, -0.1) is 0 Å². The molecule has 2 rings (SSSR count). The summed E-state index contributed by atoms with van der Waals surface area (Å²) in [5.41, 5.74) is 0. The van der Waals surface area contributed by atoms with E-state index < -0.39 is 16.0 Å². The quantitative estimate of drug-likeness (QED) is 0.718. The molecular formula is C17H32N2O4S. The number of carboxylic acid groups (broad SMARTS) is 1. The Balaban J connectivity index is 1.80. The second-order valence-corrected chi connectivity index (χ2v) is 9.28. The fourth-order valence-electron chi connectivity index (χ4n) is 4.08. The van der Waals surface area contributed by atoms with Gasteiger partial charge in [0.05, 0.1) is 12.3 Å². The van der Waals surface area contributed by atoms with Crippen LogP contribution in [0.2, 0.25) is 0 Å². The Morgan fingerprint density at radius 2 is 1.75 bits per heavy atom. The van der Waals surface area contributed by atoms with E-state index in [1.165, 1.54) is 32.1 Å². The molecule has 7 heteroatoms. The summed E-state index contributed by atoms with van der Waals surface area (Å²) in [7, 11) is -3.16. The molecule has 1 saturated carbocycles. The van der Waals surface area contributed by atoms with E-state index >= 15 is 0 Å². The van der Waals surface area contributed by atoms with E-state index in [0.717, 1.165) is 19.3 Å². The minimum Gasteiger partial charge on any atom is -0.480 e. The molecule has 140 valence electrons. The minimum absolute atomic E-state index is 0.0373. The van der Waals surface area contributed by atoms with Crippen LogP contribution >= 0.6 is 0 Å². The third-order valence-electron chi connectivity index (χ3n) is 5.59. The fourth-order valence-corrected chi connectivity index (χ4v) is 5.74. The number of rotatable bonds is 8. The molecule has 24 heavy (non-hydrogen) atoms. The number of carbonyl (C=O) groups is 1. The summed E-state index contributed by atoms with van der Waals surface area (Å²) in [4.78, 5) is 12.9. The van der Waals surface area contributed by atoms with Crippen LogP contribution in [0, 0.1) is 5.92 Å². The molecule has 1 saturated heterocycles. The first kappa shape index (κ1) is 19.7. The summed E-state index contributed by atoms with van der Waals surface area (Å²) in [6.45, 7) is 3.72. The van der Waals surface area contributed by atoms with E-state index in [1.54, 1.807) is 4.31 Å². The zero-order chi connectivity index (χ0) is 17.6. The zero-order valence-electron chi connectivity index (χ0n) is 14.8. The Labute approximate surface area is 146 Å². The van der Waals surface area contributed by atoms with Gasteiger partial charge in [-0.3, -0.25) is 9.69 Å². The molecule has 0 aromatic carbocycles.